The Bertz CT molecular complexity index is 150. The Kier molecular flexibility index (Phi) is 4.16. The molecule has 0 saturated carbocycles. The van der Waals surface area contributed by atoms with Crippen molar-refractivity contribution in [1.29, 1.82) is 0 Å². The summed E-state index contributed by atoms with van der Waals surface area (Å²) >= 11 is 0. The van der Waals surface area contributed by atoms with Crippen LogP contribution in [0.5, 0.6) is 0 Å². The molecule has 1 aliphatic heterocycles. The van der Waals surface area contributed by atoms with Crippen LogP contribution in [0.25, 0.3) is 0 Å². The van der Waals surface area contributed by atoms with Crippen molar-refractivity contribution in [2.24, 2.45) is 0 Å². The van der Waals surface area contributed by atoms with Crippen LogP contribution in [0.3, 0.4) is 0 Å². The van der Waals surface area contributed by atoms with Crippen molar-refractivity contribution in [3.05, 3.63) is 0 Å². The summed E-state index contributed by atoms with van der Waals surface area (Å²) in [6, 6.07) is 0.571. The van der Waals surface area contributed by atoms with Crippen LogP contribution in [0.1, 0.15) is 20.8 Å². The van der Waals surface area contributed by atoms with Gasteiger partial charge in [0.25, 0.3) is 0 Å². The summed E-state index contributed by atoms with van der Waals surface area (Å²) in [5.41, 5.74) is 0. The molecule has 1 unspecified atom stereocenters. The summed E-state index contributed by atoms with van der Waals surface area (Å²) in [5.74, 6) is 0. The van der Waals surface area contributed by atoms with Gasteiger partial charge < -0.3 is 9.47 Å². The Morgan fingerprint density at radius 3 is 2.62 bits per heavy atom. The van der Waals surface area contributed by atoms with Gasteiger partial charge in [0.15, 0.2) is 0 Å². The molecule has 1 heterocycles. The third-order valence-electron chi connectivity index (χ3n) is 2.56. The summed E-state index contributed by atoms with van der Waals surface area (Å²) in [6.45, 7) is 9.26. The zero-order valence-corrected chi connectivity index (χ0v) is 9.12. The first-order chi connectivity index (χ1) is 6.13. The summed E-state index contributed by atoms with van der Waals surface area (Å²) in [4.78, 5) is 2.41. The summed E-state index contributed by atoms with van der Waals surface area (Å²) < 4.78 is 11.0. The molecule has 0 spiro atoms. The van der Waals surface area contributed by atoms with E-state index in [1.54, 1.807) is 7.11 Å². The van der Waals surface area contributed by atoms with Gasteiger partial charge in [-0.1, -0.05) is 0 Å². The molecule has 0 radical (unpaired) electrons. The lowest BCUT2D eigenvalue weighted by Gasteiger charge is -2.27. The molecule has 1 fully saturated rings. The van der Waals surface area contributed by atoms with E-state index >= 15 is 0 Å². The molecule has 3 nitrogen and oxygen atoms in total. The van der Waals surface area contributed by atoms with E-state index in [9.17, 15) is 0 Å². The van der Waals surface area contributed by atoms with E-state index in [2.05, 4.69) is 25.7 Å². The predicted octanol–water partition coefficient (Wildman–Crippen LogP) is 1.13. The predicted molar refractivity (Wildman–Crippen MR) is 52.9 cm³/mol. The summed E-state index contributed by atoms with van der Waals surface area (Å²) in [5, 5.41) is 0. The van der Waals surface area contributed by atoms with Crippen molar-refractivity contribution in [2.45, 2.75) is 39.0 Å². The molecule has 0 aromatic rings. The van der Waals surface area contributed by atoms with Crippen LogP contribution in [0.15, 0.2) is 0 Å². The van der Waals surface area contributed by atoms with Gasteiger partial charge in [-0.3, -0.25) is 4.90 Å². The molecule has 0 amide bonds. The first-order valence-corrected chi connectivity index (χ1v) is 5.02. The van der Waals surface area contributed by atoms with Gasteiger partial charge >= 0.3 is 0 Å². The van der Waals surface area contributed by atoms with Crippen molar-refractivity contribution in [1.82, 2.24) is 4.90 Å². The average Bonchev–Trinajstić information content (AvgIpc) is 2.27. The minimum atomic E-state index is 0.229. The Balaban J connectivity index is 2.52. The second-order valence-electron chi connectivity index (χ2n) is 4.05. The minimum absolute atomic E-state index is 0.229. The van der Waals surface area contributed by atoms with Crippen LogP contribution in [-0.4, -0.2) is 50.0 Å². The van der Waals surface area contributed by atoms with Crippen molar-refractivity contribution in [2.75, 3.05) is 26.8 Å². The molecule has 0 N–H and O–H groups in total. The number of methoxy groups -OCH3 is 1. The second-order valence-corrected chi connectivity index (χ2v) is 4.05. The lowest BCUT2D eigenvalue weighted by atomic mass is 10.2. The van der Waals surface area contributed by atoms with E-state index in [-0.39, 0.29) is 6.10 Å². The van der Waals surface area contributed by atoms with E-state index in [4.69, 9.17) is 9.47 Å². The molecule has 1 aliphatic rings. The van der Waals surface area contributed by atoms with Gasteiger partial charge in [-0.05, 0) is 20.8 Å². The molecule has 13 heavy (non-hydrogen) atoms. The summed E-state index contributed by atoms with van der Waals surface area (Å²) in [6.07, 6.45) is 0.551. The van der Waals surface area contributed by atoms with Gasteiger partial charge in [0.2, 0.25) is 0 Å². The van der Waals surface area contributed by atoms with Crippen molar-refractivity contribution >= 4 is 0 Å². The third kappa shape index (κ3) is 3.25. The van der Waals surface area contributed by atoms with Crippen molar-refractivity contribution < 1.29 is 9.47 Å². The van der Waals surface area contributed by atoms with Crippen molar-refractivity contribution in [3.63, 3.8) is 0 Å². The fourth-order valence-electron chi connectivity index (χ4n) is 1.61. The maximum absolute atomic E-state index is 5.62. The average molecular weight is 187 g/mol. The number of nitrogens with zero attached hydrogens (tertiary/aromatic N) is 1. The number of ether oxygens (including phenoxy) is 2. The lowest BCUT2D eigenvalue weighted by Crippen LogP contribution is -2.39. The topological polar surface area (TPSA) is 21.7 Å². The number of hydrogen-bond donors (Lipinski definition) is 0. The molecular formula is C10H21NO2. The highest BCUT2D eigenvalue weighted by atomic mass is 16.5. The van der Waals surface area contributed by atoms with Crippen LogP contribution in [0, 0.1) is 0 Å². The van der Waals surface area contributed by atoms with Gasteiger partial charge in [-0.25, -0.2) is 0 Å². The van der Waals surface area contributed by atoms with E-state index < -0.39 is 0 Å². The highest BCUT2D eigenvalue weighted by Crippen LogP contribution is 2.10. The largest absolute Gasteiger partial charge is 0.378 e. The Labute approximate surface area is 81.0 Å². The maximum atomic E-state index is 5.62. The van der Waals surface area contributed by atoms with Gasteiger partial charge in [0.1, 0.15) is 0 Å². The van der Waals surface area contributed by atoms with E-state index in [1.807, 2.05) is 0 Å². The first kappa shape index (κ1) is 11.0. The molecule has 0 aliphatic carbocycles. The summed E-state index contributed by atoms with van der Waals surface area (Å²) in [7, 11) is 1.75. The Morgan fingerprint density at radius 1 is 1.38 bits per heavy atom. The fourth-order valence-corrected chi connectivity index (χ4v) is 1.61. The molecular weight excluding hydrogens is 166 g/mol. The number of rotatable bonds is 2. The fraction of sp³-hybridized carbons (Fsp3) is 1.00. The van der Waals surface area contributed by atoms with Crippen LogP contribution >= 0.6 is 0 Å². The SMILES string of the molecule is CO[C@H]1COC(C)CN(C(C)C)C1. The normalized spacial score (nSPS) is 32.1. The maximum Gasteiger partial charge on any atom is 0.0931 e. The third-order valence-corrected chi connectivity index (χ3v) is 2.56. The van der Waals surface area contributed by atoms with Gasteiger partial charge in [-0.15, -0.1) is 0 Å². The Morgan fingerprint density at radius 2 is 2.08 bits per heavy atom. The smallest absolute Gasteiger partial charge is 0.0931 e. The van der Waals surface area contributed by atoms with E-state index in [1.165, 1.54) is 0 Å². The van der Waals surface area contributed by atoms with Gasteiger partial charge in [0, 0.05) is 26.2 Å². The highest BCUT2D eigenvalue weighted by molar-refractivity contribution is 4.75. The van der Waals surface area contributed by atoms with Crippen LogP contribution in [-0.2, 0) is 9.47 Å². The van der Waals surface area contributed by atoms with Crippen LogP contribution in [0.2, 0.25) is 0 Å². The molecule has 1 saturated heterocycles. The zero-order chi connectivity index (χ0) is 9.84. The molecule has 3 heteroatoms. The first-order valence-electron chi connectivity index (χ1n) is 5.02. The second kappa shape index (κ2) is 4.94. The molecule has 2 atom stereocenters. The molecule has 1 rings (SSSR count). The van der Waals surface area contributed by atoms with Crippen molar-refractivity contribution in [3.8, 4) is 0 Å². The molecule has 0 aromatic carbocycles. The molecule has 78 valence electrons. The van der Waals surface area contributed by atoms with E-state index in [0.29, 0.717) is 12.1 Å². The molecule has 0 bridgehead atoms. The van der Waals surface area contributed by atoms with Crippen LogP contribution in [0.4, 0.5) is 0 Å². The van der Waals surface area contributed by atoms with Gasteiger partial charge in [0.05, 0.1) is 18.8 Å². The standard InChI is InChI=1S/C10H21NO2/c1-8(2)11-5-9(3)13-7-10(6-11)12-4/h8-10H,5-7H2,1-4H3/t9?,10-/m1/s1. The van der Waals surface area contributed by atoms with E-state index in [0.717, 1.165) is 19.7 Å². The quantitative estimate of drug-likeness (QED) is 0.647. The highest BCUT2D eigenvalue weighted by Gasteiger charge is 2.23. The number of hydrogen-bond acceptors (Lipinski definition) is 3. The molecule has 0 aromatic heterocycles. The van der Waals surface area contributed by atoms with Crippen LogP contribution < -0.4 is 0 Å². The lowest BCUT2D eigenvalue weighted by molar-refractivity contribution is 0.0000890. The van der Waals surface area contributed by atoms with Gasteiger partial charge in [-0.2, -0.15) is 0 Å². The monoisotopic (exact) mass is 187 g/mol. The Hall–Kier alpha value is -0.120. The minimum Gasteiger partial charge on any atom is -0.378 e. The zero-order valence-electron chi connectivity index (χ0n) is 9.12.